The molecular weight excluding hydrogens is 334 g/mol. The SMILES string of the molecule is C=C.CCC=N/C(CSC=Nc1cc(C)ccc1NO)=C(/C)COC. The van der Waals surface area contributed by atoms with Crippen LogP contribution in [0.4, 0.5) is 11.4 Å². The van der Waals surface area contributed by atoms with Gasteiger partial charge in [0.25, 0.3) is 0 Å². The van der Waals surface area contributed by atoms with Crippen LogP contribution in [-0.4, -0.2) is 36.4 Å². The molecule has 0 heterocycles. The van der Waals surface area contributed by atoms with E-state index < -0.39 is 0 Å². The van der Waals surface area contributed by atoms with Crippen LogP contribution in [0.1, 0.15) is 25.8 Å². The van der Waals surface area contributed by atoms with E-state index in [1.165, 1.54) is 0 Å². The van der Waals surface area contributed by atoms with Gasteiger partial charge in [0.1, 0.15) is 0 Å². The average Bonchev–Trinajstić information content (AvgIpc) is 2.63. The van der Waals surface area contributed by atoms with Crippen molar-refractivity contribution in [1.29, 1.82) is 0 Å². The van der Waals surface area contributed by atoms with Crippen molar-refractivity contribution in [3.8, 4) is 0 Å². The summed E-state index contributed by atoms with van der Waals surface area (Å²) in [6, 6.07) is 5.63. The van der Waals surface area contributed by atoms with Crippen LogP contribution >= 0.6 is 11.8 Å². The Morgan fingerprint density at radius 1 is 1.40 bits per heavy atom. The molecule has 1 rings (SSSR count). The number of aryl methyl sites for hydroxylation is 1. The first-order valence-corrected chi connectivity index (χ1v) is 9.02. The van der Waals surface area contributed by atoms with Gasteiger partial charge in [-0.3, -0.25) is 15.7 Å². The molecule has 6 heteroatoms. The summed E-state index contributed by atoms with van der Waals surface area (Å²) in [6.07, 6.45) is 2.80. The van der Waals surface area contributed by atoms with Crippen LogP contribution in [0, 0.1) is 6.92 Å². The second kappa shape index (κ2) is 14.5. The number of aliphatic imine (C=N–C) groups is 2. The van der Waals surface area contributed by atoms with Crippen molar-refractivity contribution in [3.63, 3.8) is 0 Å². The fourth-order valence-corrected chi connectivity index (χ4v) is 2.57. The Kier molecular flexibility index (Phi) is 13.4. The minimum absolute atomic E-state index is 0.574. The summed E-state index contributed by atoms with van der Waals surface area (Å²) < 4.78 is 5.17. The third-order valence-electron chi connectivity index (χ3n) is 3.04. The van der Waals surface area contributed by atoms with Gasteiger partial charge in [-0.25, -0.2) is 4.99 Å². The minimum Gasteiger partial charge on any atom is -0.380 e. The quantitative estimate of drug-likeness (QED) is 0.267. The Morgan fingerprint density at radius 3 is 2.72 bits per heavy atom. The van der Waals surface area contributed by atoms with Crippen LogP contribution in [0.2, 0.25) is 0 Å². The summed E-state index contributed by atoms with van der Waals surface area (Å²) in [4.78, 5) is 8.90. The van der Waals surface area contributed by atoms with Crippen LogP contribution in [-0.2, 0) is 4.74 Å². The molecule has 0 aliphatic carbocycles. The molecule has 0 aromatic heterocycles. The Bertz CT molecular complexity index is 598. The molecule has 0 atom stereocenters. The van der Waals surface area contributed by atoms with E-state index >= 15 is 0 Å². The second-order valence-corrected chi connectivity index (χ2v) is 5.89. The Hall–Kier alpha value is -1.89. The zero-order valence-electron chi connectivity index (χ0n) is 15.6. The number of hydrogen-bond acceptors (Lipinski definition) is 6. The number of nitrogens with zero attached hydrogens (tertiary/aromatic N) is 2. The van der Waals surface area contributed by atoms with Gasteiger partial charge in [-0.1, -0.05) is 13.0 Å². The maximum atomic E-state index is 9.11. The first kappa shape index (κ1) is 23.1. The number of hydrogen-bond donors (Lipinski definition) is 2. The van der Waals surface area contributed by atoms with Gasteiger partial charge in [0.05, 0.1) is 29.2 Å². The van der Waals surface area contributed by atoms with Gasteiger partial charge in [0.15, 0.2) is 0 Å². The molecule has 0 bridgehead atoms. The van der Waals surface area contributed by atoms with E-state index in [0.29, 0.717) is 18.0 Å². The molecule has 138 valence electrons. The lowest BCUT2D eigenvalue weighted by molar-refractivity contribution is 0.225. The molecule has 0 saturated heterocycles. The molecule has 0 unspecified atom stereocenters. The number of rotatable bonds is 9. The molecule has 1 aromatic rings. The Morgan fingerprint density at radius 2 is 2.12 bits per heavy atom. The number of ether oxygens (including phenoxy) is 1. The fourth-order valence-electron chi connectivity index (χ4n) is 1.83. The smallest absolute Gasteiger partial charge is 0.0892 e. The normalized spacial score (nSPS) is 12.0. The molecule has 0 aliphatic heterocycles. The van der Waals surface area contributed by atoms with Gasteiger partial charge in [-0.2, -0.15) is 0 Å². The summed E-state index contributed by atoms with van der Waals surface area (Å²) >= 11 is 1.56. The van der Waals surface area contributed by atoms with E-state index in [4.69, 9.17) is 9.94 Å². The molecule has 0 saturated carbocycles. The Labute approximate surface area is 155 Å². The number of benzene rings is 1. The third-order valence-corrected chi connectivity index (χ3v) is 3.74. The first-order valence-electron chi connectivity index (χ1n) is 7.97. The topological polar surface area (TPSA) is 66.2 Å². The van der Waals surface area contributed by atoms with Crippen molar-refractivity contribution >= 4 is 34.9 Å². The van der Waals surface area contributed by atoms with Crippen molar-refractivity contribution in [1.82, 2.24) is 0 Å². The lowest BCUT2D eigenvalue weighted by atomic mass is 10.2. The largest absolute Gasteiger partial charge is 0.380 e. The van der Waals surface area contributed by atoms with Crippen LogP contribution in [0.5, 0.6) is 0 Å². The molecule has 25 heavy (non-hydrogen) atoms. The van der Waals surface area contributed by atoms with Crippen LogP contribution in [0.15, 0.2) is 52.6 Å². The van der Waals surface area contributed by atoms with E-state index in [-0.39, 0.29) is 0 Å². The van der Waals surface area contributed by atoms with Gasteiger partial charge < -0.3 is 4.74 Å². The van der Waals surface area contributed by atoms with Gasteiger partial charge in [0.2, 0.25) is 0 Å². The standard InChI is InChI=1S/C17H25N3O2S.C2H4/c1-5-8-18-17(14(3)10-22-4)11-23-12-19-16-9-13(2)6-7-15(16)20-21;1-2/h6-9,12,20-21H,5,10-11H2,1-4H3;1-2H2/b17-14-,18-8?,19-12?;. The highest BCUT2D eigenvalue weighted by Crippen LogP contribution is 2.26. The van der Waals surface area contributed by atoms with Crippen molar-refractivity contribution in [2.45, 2.75) is 27.2 Å². The van der Waals surface area contributed by atoms with Crippen LogP contribution in [0.3, 0.4) is 0 Å². The zero-order chi connectivity index (χ0) is 19.1. The molecule has 0 spiro atoms. The van der Waals surface area contributed by atoms with E-state index in [1.54, 1.807) is 30.5 Å². The predicted molar refractivity (Wildman–Crippen MR) is 112 cm³/mol. The molecular formula is C19H29N3O2S. The maximum absolute atomic E-state index is 9.11. The third kappa shape index (κ3) is 9.24. The zero-order valence-corrected chi connectivity index (χ0v) is 16.4. The van der Waals surface area contributed by atoms with Crippen molar-refractivity contribution in [2.24, 2.45) is 9.98 Å². The monoisotopic (exact) mass is 363 g/mol. The average molecular weight is 364 g/mol. The van der Waals surface area contributed by atoms with Gasteiger partial charge in [0, 0.05) is 19.1 Å². The molecule has 0 aliphatic rings. The minimum atomic E-state index is 0.574. The van der Waals surface area contributed by atoms with E-state index in [0.717, 1.165) is 29.0 Å². The lowest BCUT2D eigenvalue weighted by Gasteiger charge is -2.06. The molecule has 2 N–H and O–H groups in total. The molecule has 0 amide bonds. The number of nitrogens with one attached hydrogen (secondary N) is 1. The number of anilines is 1. The molecule has 1 aromatic carbocycles. The summed E-state index contributed by atoms with van der Waals surface area (Å²) in [6.45, 7) is 12.6. The van der Waals surface area contributed by atoms with Crippen LogP contribution < -0.4 is 5.48 Å². The summed E-state index contributed by atoms with van der Waals surface area (Å²) in [7, 11) is 1.68. The van der Waals surface area contributed by atoms with Gasteiger partial charge >= 0.3 is 0 Å². The lowest BCUT2D eigenvalue weighted by Crippen LogP contribution is -1.97. The molecule has 5 nitrogen and oxygen atoms in total. The summed E-state index contributed by atoms with van der Waals surface area (Å²) in [5.41, 5.74) is 8.44. The highest BCUT2D eigenvalue weighted by molar-refractivity contribution is 8.12. The molecule has 0 fully saturated rings. The van der Waals surface area contributed by atoms with E-state index in [2.05, 4.69) is 35.5 Å². The highest BCUT2D eigenvalue weighted by Gasteiger charge is 2.02. The van der Waals surface area contributed by atoms with E-state index in [1.807, 2.05) is 32.2 Å². The van der Waals surface area contributed by atoms with Crippen molar-refractivity contribution in [3.05, 3.63) is 48.2 Å². The van der Waals surface area contributed by atoms with Crippen molar-refractivity contribution in [2.75, 3.05) is 24.9 Å². The Balaban J connectivity index is 0.00000277. The van der Waals surface area contributed by atoms with Crippen molar-refractivity contribution < 1.29 is 9.94 Å². The van der Waals surface area contributed by atoms with Gasteiger partial charge in [-0.15, -0.1) is 24.9 Å². The highest BCUT2D eigenvalue weighted by atomic mass is 32.2. The summed E-state index contributed by atoms with van der Waals surface area (Å²) in [5.74, 6) is 0.725. The number of methoxy groups -OCH3 is 1. The maximum Gasteiger partial charge on any atom is 0.0892 e. The first-order chi connectivity index (χ1) is 12.1. The van der Waals surface area contributed by atoms with Gasteiger partial charge in [-0.05, 0) is 43.5 Å². The second-order valence-electron chi connectivity index (χ2n) is 5.06. The summed E-state index contributed by atoms with van der Waals surface area (Å²) in [5, 5.41) is 9.11. The predicted octanol–water partition coefficient (Wildman–Crippen LogP) is 5.39. The van der Waals surface area contributed by atoms with E-state index in [9.17, 15) is 0 Å². The van der Waals surface area contributed by atoms with Crippen LogP contribution in [0.25, 0.3) is 0 Å². The molecule has 0 radical (unpaired) electrons. The fraction of sp³-hybridized carbons (Fsp3) is 0.368. The number of thioether (sulfide) groups is 1.